The number of carbonyl (C=O) groups excluding carboxylic acids is 1. The van der Waals surface area contributed by atoms with E-state index in [2.05, 4.69) is 31.2 Å². The van der Waals surface area contributed by atoms with Crippen molar-refractivity contribution in [1.29, 1.82) is 0 Å². The average molecular weight is 325 g/mol. The molecule has 0 radical (unpaired) electrons. The van der Waals surface area contributed by atoms with Crippen molar-refractivity contribution >= 4 is 5.91 Å². The molecule has 2 aromatic rings. The normalized spacial score (nSPS) is 12.8. The van der Waals surface area contributed by atoms with Crippen molar-refractivity contribution in [2.75, 3.05) is 20.3 Å². The molecule has 0 fully saturated rings. The Hall–Kier alpha value is -2.49. The summed E-state index contributed by atoms with van der Waals surface area (Å²) in [6, 6.07) is 14.1. The van der Waals surface area contributed by atoms with E-state index in [1.807, 2.05) is 25.2 Å². The van der Waals surface area contributed by atoms with Gasteiger partial charge in [0, 0.05) is 13.6 Å². The Morgan fingerprint density at radius 1 is 0.958 bits per heavy atom. The predicted molar refractivity (Wildman–Crippen MR) is 93.4 cm³/mol. The van der Waals surface area contributed by atoms with E-state index in [0.29, 0.717) is 26.2 Å². The number of ether oxygens (including phenoxy) is 2. The third kappa shape index (κ3) is 3.88. The molecule has 2 aromatic carbocycles. The maximum absolute atomic E-state index is 12.5. The number of rotatable bonds is 5. The van der Waals surface area contributed by atoms with Crippen LogP contribution in [0.1, 0.15) is 23.6 Å². The minimum Gasteiger partial charge on any atom is -0.486 e. The first-order valence-electron chi connectivity index (χ1n) is 8.36. The minimum atomic E-state index is 0.0891. The van der Waals surface area contributed by atoms with Gasteiger partial charge in [0.05, 0.1) is 6.42 Å². The van der Waals surface area contributed by atoms with E-state index in [0.717, 1.165) is 29.0 Å². The largest absolute Gasteiger partial charge is 0.486 e. The molecule has 0 N–H and O–H groups in total. The molecule has 0 atom stereocenters. The van der Waals surface area contributed by atoms with E-state index >= 15 is 0 Å². The first-order chi connectivity index (χ1) is 11.7. The number of benzene rings is 2. The van der Waals surface area contributed by atoms with Gasteiger partial charge in [-0.15, -0.1) is 0 Å². The monoisotopic (exact) mass is 325 g/mol. The fourth-order valence-electron chi connectivity index (χ4n) is 2.75. The quantitative estimate of drug-likeness (QED) is 0.847. The molecule has 0 aliphatic carbocycles. The number of nitrogens with zero attached hydrogens (tertiary/aromatic N) is 1. The Balaban J connectivity index is 1.61. The van der Waals surface area contributed by atoms with Crippen molar-refractivity contribution in [3.05, 3.63) is 59.2 Å². The summed E-state index contributed by atoms with van der Waals surface area (Å²) in [6.45, 7) is 3.88. The molecule has 1 aliphatic heterocycles. The fraction of sp³-hybridized carbons (Fsp3) is 0.350. The van der Waals surface area contributed by atoms with E-state index in [4.69, 9.17) is 9.47 Å². The van der Waals surface area contributed by atoms with Crippen molar-refractivity contribution in [2.24, 2.45) is 0 Å². The van der Waals surface area contributed by atoms with Crippen LogP contribution in [-0.4, -0.2) is 31.1 Å². The van der Waals surface area contributed by atoms with E-state index in [1.165, 1.54) is 5.56 Å². The molecular weight excluding hydrogens is 302 g/mol. The number of carbonyl (C=O) groups is 1. The van der Waals surface area contributed by atoms with E-state index in [1.54, 1.807) is 4.90 Å². The van der Waals surface area contributed by atoms with Crippen LogP contribution < -0.4 is 9.47 Å². The number of fused-ring (bicyclic) bond motifs is 1. The maximum Gasteiger partial charge on any atom is 0.227 e. The van der Waals surface area contributed by atoms with Crippen molar-refractivity contribution in [3.8, 4) is 11.5 Å². The molecular formula is C20H23NO3. The van der Waals surface area contributed by atoms with Crippen LogP contribution in [0.25, 0.3) is 0 Å². The predicted octanol–water partition coefficient (Wildman–Crippen LogP) is 3.22. The number of hydrogen-bond acceptors (Lipinski definition) is 3. The fourth-order valence-corrected chi connectivity index (χ4v) is 2.75. The van der Waals surface area contributed by atoms with Gasteiger partial charge in [0.1, 0.15) is 13.2 Å². The molecule has 1 heterocycles. The maximum atomic E-state index is 12.5. The summed E-state index contributed by atoms with van der Waals surface area (Å²) in [5, 5.41) is 0. The van der Waals surface area contributed by atoms with Gasteiger partial charge in [-0.3, -0.25) is 4.79 Å². The lowest BCUT2D eigenvalue weighted by atomic mass is 10.1. The summed E-state index contributed by atoms with van der Waals surface area (Å²) in [7, 11) is 1.84. The van der Waals surface area contributed by atoms with E-state index in [9.17, 15) is 4.79 Å². The highest BCUT2D eigenvalue weighted by Crippen LogP contribution is 2.30. The van der Waals surface area contributed by atoms with Crippen molar-refractivity contribution in [1.82, 2.24) is 4.90 Å². The Morgan fingerprint density at radius 3 is 2.29 bits per heavy atom. The Bertz CT molecular complexity index is 709. The summed E-state index contributed by atoms with van der Waals surface area (Å²) in [6.07, 6.45) is 1.39. The smallest absolute Gasteiger partial charge is 0.227 e. The Labute approximate surface area is 143 Å². The first kappa shape index (κ1) is 16.4. The summed E-state index contributed by atoms with van der Waals surface area (Å²) < 4.78 is 11.1. The zero-order valence-electron chi connectivity index (χ0n) is 14.2. The van der Waals surface area contributed by atoms with Crippen LogP contribution in [0.4, 0.5) is 0 Å². The summed E-state index contributed by atoms with van der Waals surface area (Å²) in [5.41, 5.74) is 3.40. The molecule has 0 saturated carbocycles. The van der Waals surface area contributed by atoms with Crippen molar-refractivity contribution in [3.63, 3.8) is 0 Å². The molecule has 4 heteroatoms. The molecule has 3 rings (SSSR count). The number of aryl methyl sites for hydroxylation is 1. The zero-order valence-corrected chi connectivity index (χ0v) is 14.2. The molecule has 0 aromatic heterocycles. The second-order valence-corrected chi connectivity index (χ2v) is 6.07. The molecule has 0 spiro atoms. The van der Waals surface area contributed by atoms with Crippen LogP contribution in [-0.2, 0) is 24.2 Å². The van der Waals surface area contributed by atoms with Gasteiger partial charge < -0.3 is 14.4 Å². The molecule has 4 nitrogen and oxygen atoms in total. The lowest BCUT2D eigenvalue weighted by Crippen LogP contribution is -2.27. The topological polar surface area (TPSA) is 38.8 Å². The molecule has 1 aliphatic rings. The number of hydrogen-bond donors (Lipinski definition) is 0. The summed E-state index contributed by atoms with van der Waals surface area (Å²) in [5.74, 6) is 1.57. The molecule has 126 valence electrons. The third-order valence-electron chi connectivity index (χ3n) is 4.24. The van der Waals surface area contributed by atoms with Crippen molar-refractivity contribution in [2.45, 2.75) is 26.3 Å². The Kier molecular flexibility index (Phi) is 5.04. The molecule has 0 bridgehead atoms. The van der Waals surface area contributed by atoms with Gasteiger partial charge >= 0.3 is 0 Å². The minimum absolute atomic E-state index is 0.0891. The molecule has 0 unspecified atom stereocenters. The Morgan fingerprint density at radius 2 is 1.58 bits per heavy atom. The van der Waals surface area contributed by atoms with E-state index < -0.39 is 0 Å². The second kappa shape index (κ2) is 7.39. The lowest BCUT2D eigenvalue weighted by Gasteiger charge is -2.20. The van der Waals surface area contributed by atoms with Gasteiger partial charge in [0.25, 0.3) is 0 Å². The van der Waals surface area contributed by atoms with Crippen LogP contribution in [0, 0.1) is 0 Å². The van der Waals surface area contributed by atoms with Crippen molar-refractivity contribution < 1.29 is 14.3 Å². The summed E-state index contributed by atoms with van der Waals surface area (Å²) in [4.78, 5) is 14.2. The van der Waals surface area contributed by atoms with Gasteiger partial charge in [-0.05, 0) is 35.2 Å². The highest BCUT2D eigenvalue weighted by Gasteiger charge is 2.15. The van der Waals surface area contributed by atoms with E-state index in [-0.39, 0.29) is 5.91 Å². The lowest BCUT2D eigenvalue weighted by molar-refractivity contribution is -0.129. The van der Waals surface area contributed by atoms with Gasteiger partial charge in [-0.1, -0.05) is 37.3 Å². The SMILES string of the molecule is CCc1ccc(CN(C)C(=O)Cc2ccc3c(c2)OCCO3)cc1. The molecule has 0 saturated heterocycles. The van der Waals surface area contributed by atoms with Crippen LogP contribution in [0.15, 0.2) is 42.5 Å². The number of amides is 1. The standard InChI is InChI=1S/C20H23NO3/c1-3-15-4-6-16(7-5-15)14-21(2)20(22)13-17-8-9-18-19(12-17)24-11-10-23-18/h4-9,12H,3,10-11,13-14H2,1-2H3. The summed E-state index contributed by atoms with van der Waals surface area (Å²) >= 11 is 0. The van der Waals surface area contributed by atoms with Crippen LogP contribution in [0.2, 0.25) is 0 Å². The first-order valence-corrected chi connectivity index (χ1v) is 8.36. The van der Waals surface area contributed by atoms with Gasteiger partial charge in [0.15, 0.2) is 11.5 Å². The third-order valence-corrected chi connectivity index (χ3v) is 4.24. The van der Waals surface area contributed by atoms with Gasteiger partial charge in [-0.25, -0.2) is 0 Å². The van der Waals surface area contributed by atoms with Gasteiger partial charge in [-0.2, -0.15) is 0 Å². The molecule has 1 amide bonds. The average Bonchev–Trinajstić information content (AvgIpc) is 2.62. The second-order valence-electron chi connectivity index (χ2n) is 6.07. The highest BCUT2D eigenvalue weighted by atomic mass is 16.6. The number of likely N-dealkylation sites (N-methyl/N-ethyl adjacent to an activating group) is 1. The van der Waals surface area contributed by atoms with Crippen LogP contribution in [0.5, 0.6) is 11.5 Å². The highest BCUT2D eigenvalue weighted by molar-refractivity contribution is 5.78. The zero-order chi connectivity index (χ0) is 16.9. The van der Waals surface area contributed by atoms with Crippen LogP contribution in [0.3, 0.4) is 0 Å². The van der Waals surface area contributed by atoms with Gasteiger partial charge in [0.2, 0.25) is 5.91 Å². The molecule has 24 heavy (non-hydrogen) atoms. The van der Waals surface area contributed by atoms with Crippen LogP contribution >= 0.6 is 0 Å².